The van der Waals surface area contributed by atoms with Crippen LogP contribution in [0.3, 0.4) is 0 Å². The average molecular weight is 427 g/mol. The molecular formula is C24H21N5O3. The van der Waals surface area contributed by atoms with Gasteiger partial charge < -0.3 is 10.2 Å². The Kier molecular flexibility index (Phi) is 4.62. The largest absolute Gasteiger partial charge is 0.339 e. The Morgan fingerprint density at radius 1 is 0.969 bits per heavy atom. The zero-order valence-electron chi connectivity index (χ0n) is 17.7. The number of aromatic nitrogens is 3. The van der Waals surface area contributed by atoms with E-state index in [9.17, 15) is 14.4 Å². The van der Waals surface area contributed by atoms with Gasteiger partial charge in [-0.05, 0) is 36.2 Å². The first-order valence-corrected chi connectivity index (χ1v) is 10.3. The molecule has 160 valence electrons. The van der Waals surface area contributed by atoms with E-state index in [-0.39, 0.29) is 22.5 Å². The van der Waals surface area contributed by atoms with Gasteiger partial charge in [-0.2, -0.15) is 0 Å². The molecule has 3 heterocycles. The summed E-state index contributed by atoms with van der Waals surface area (Å²) in [5.74, 6) is -0.379. The van der Waals surface area contributed by atoms with Crippen molar-refractivity contribution in [2.24, 2.45) is 14.1 Å². The highest BCUT2D eigenvalue weighted by molar-refractivity contribution is 6.07. The molecule has 1 amide bonds. The maximum Gasteiger partial charge on any atom is 0.332 e. The summed E-state index contributed by atoms with van der Waals surface area (Å²) < 4.78 is 2.30. The van der Waals surface area contributed by atoms with Gasteiger partial charge in [0.2, 0.25) is 0 Å². The number of rotatable bonds is 3. The average Bonchev–Trinajstić information content (AvgIpc) is 3.25. The molecule has 0 aliphatic carbocycles. The number of pyridine rings is 1. The summed E-state index contributed by atoms with van der Waals surface area (Å²) in [6, 6.07) is 17.3. The van der Waals surface area contributed by atoms with Gasteiger partial charge in [0.05, 0.1) is 22.3 Å². The fourth-order valence-electron chi connectivity index (χ4n) is 4.19. The van der Waals surface area contributed by atoms with Crippen LogP contribution in [0, 0.1) is 0 Å². The van der Waals surface area contributed by atoms with Crippen LogP contribution in [0.15, 0.2) is 70.4 Å². The van der Waals surface area contributed by atoms with E-state index in [1.54, 1.807) is 7.05 Å². The van der Waals surface area contributed by atoms with E-state index >= 15 is 0 Å². The van der Waals surface area contributed by atoms with Gasteiger partial charge in [0.1, 0.15) is 5.65 Å². The van der Waals surface area contributed by atoms with E-state index in [0.29, 0.717) is 5.69 Å². The summed E-state index contributed by atoms with van der Waals surface area (Å²) in [6.45, 7) is 0.827. The third kappa shape index (κ3) is 3.08. The molecule has 32 heavy (non-hydrogen) atoms. The summed E-state index contributed by atoms with van der Waals surface area (Å²) in [6.07, 6.45) is 2.32. The zero-order valence-corrected chi connectivity index (χ0v) is 17.7. The van der Waals surface area contributed by atoms with Crippen molar-refractivity contribution in [3.05, 3.63) is 92.8 Å². The highest BCUT2D eigenvalue weighted by Gasteiger charge is 2.23. The van der Waals surface area contributed by atoms with Crippen LogP contribution < -0.4 is 21.5 Å². The number of hydrogen-bond donors (Lipinski definition) is 1. The van der Waals surface area contributed by atoms with Gasteiger partial charge in [0, 0.05) is 32.5 Å². The number of carbonyl (C=O) groups is 1. The molecule has 1 aliphatic heterocycles. The summed E-state index contributed by atoms with van der Waals surface area (Å²) >= 11 is 0. The van der Waals surface area contributed by atoms with Crippen LogP contribution >= 0.6 is 0 Å². The molecule has 2 aromatic heterocycles. The summed E-state index contributed by atoms with van der Waals surface area (Å²) in [5, 5.41) is 3.17. The van der Waals surface area contributed by atoms with E-state index in [4.69, 9.17) is 0 Å². The van der Waals surface area contributed by atoms with Gasteiger partial charge >= 0.3 is 5.69 Å². The number of aryl methyl sites for hydroxylation is 1. The number of hydrogen-bond acceptors (Lipinski definition) is 5. The molecule has 5 rings (SSSR count). The predicted molar refractivity (Wildman–Crippen MR) is 124 cm³/mol. The number of amides is 1. The number of benzene rings is 2. The lowest BCUT2D eigenvalue weighted by atomic mass is 10.1. The summed E-state index contributed by atoms with van der Waals surface area (Å²) in [4.78, 5) is 44.1. The molecule has 0 saturated carbocycles. The molecule has 4 aromatic rings. The maximum absolute atomic E-state index is 13.1. The van der Waals surface area contributed by atoms with Crippen LogP contribution in [0.2, 0.25) is 0 Å². The Labute approximate surface area is 183 Å². The van der Waals surface area contributed by atoms with Crippen molar-refractivity contribution in [3.8, 4) is 0 Å². The van der Waals surface area contributed by atoms with E-state index in [1.807, 2.05) is 36.4 Å². The molecule has 0 atom stereocenters. The van der Waals surface area contributed by atoms with Crippen LogP contribution in [-0.4, -0.2) is 26.6 Å². The van der Waals surface area contributed by atoms with Crippen molar-refractivity contribution in [2.75, 3.05) is 16.8 Å². The van der Waals surface area contributed by atoms with Gasteiger partial charge in [0.25, 0.3) is 11.5 Å². The maximum atomic E-state index is 13.1. The second-order valence-corrected chi connectivity index (χ2v) is 7.80. The second-order valence-electron chi connectivity index (χ2n) is 7.80. The smallest absolute Gasteiger partial charge is 0.332 e. The minimum Gasteiger partial charge on any atom is -0.339 e. The Morgan fingerprint density at radius 2 is 1.69 bits per heavy atom. The molecule has 1 aliphatic rings. The zero-order chi connectivity index (χ0) is 22.4. The normalized spacial score (nSPS) is 12.8. The Balaban J connectivity index is 1.51. The van der Waals surface area contributed by atoms with Crippen LogP contribution in [0.25, 0.3) is 11.0 Å². The molecule has 0 unspecified atom stereocenters. The fourth-order valence-corrected chi connectivity index (χ4v) is 4.19. The lowest BCUT2D eigenvalue weighted by Gasteiger charge is -2.23. The summed E-state index contributed by atoms with van der Waals surface area (Å²) in [7, 11) is 2.95. The van der Waals surface area contributed by atoms with Gasteiger partial charge in [-0.15, -0.1) is 0 Å². The van der Waals surface area contributed by atoms with E-state index < -0.39 is 11.2 Å². The lowest BCUT2D eigenvalue weighted by molar-refractivity contribution is 0.102. The number of fused-ring (bicyclic) bond motifs is 2. The molecule has 0 fully saturated rings. The molecule has 8 nitrogen and oxygen atoms in total. The highest BCUT2D eigenvalue weighted by atomic mass is 16.2. The summed E-state index contributed by atoms with van der Waals surface area (Å²) in [5.41, 5.74) is 3.50. The SMILES string of the molecule is Cn1c(=O)c2cc(C(=O)Nc3ccccc3N3CCc4ccccc43)cnc2n(C)c1=O. The van der Waals surface area contributed by atoms with Crippen LogP contribution in [-0.2, 0) is 20.5 Å². The third-order valence-corrected chi connectivity index (χ3v) is 5.89. The first kappa shape index (κ1) is 19.7. The minimum absolute atomic E-state index is 0.212. The molecular weight excluding hydrogens is 406 g/mol. The molecule has 8 heteroatoms. The van der Waals surface area contributed by atoms with Crippen molar-refractivity contribution in [2.45, 2.75) is 6.42 Å². The van der Waals surface area contributed by atoms with Crippen LogP contribution in [0.5, 0.6) is 0 Å². The Hall–Kier alpha value is -4.20. The van der Waals surface area contributed by atoms with Gasteiger partial charge in [-0.25, -0.2) is 9.78 Å². The topological polar surface area (TPSA) is 89.2 Å². The van der Waals surface area contributed by atoms with Crippen LogP contribution in [0.1, 0.15) is 15.9 Å². The fraction of sp³-hybridized carbons (Fsp3) is 0.167. The van der Waals surface area contributed by atoms with Gasteiger partial charge in [-0.1, -0.05) is 30.3 Å². The monoisotopic (exact) mass is 427 g/mol. The van der Waals surface area contributed by atoms with Crippen molar-refractivity contribution in [3.63, 3.8) is 0 Å². The van der Waals surface area contributed by atoms with Crippen molar-refractivity contribution in [1.82, 2.24) is 14.1 Å². The number of carbonyl (C=O) groups excluding carboxylic acids is 1. The Bertz CT molecular complexity index is 1500. The van der Waals surface area contributed by atoms with Crippen molar-refractivity contribution < 1.29 is 4.79 Å². The van der Waals surface area contributed by atoms with Gasteiger partial charge in [0.15, 0.2) is 0 Å². The highest BCUT2D eigenvalue weighted by Crippen LogP contribution is 2.38. The number of nitrogens with one attached hydrogen (secondary N) is 1. The second kappa shape index (κ2) is 7.49. The quantitative estimate of drug-likeness (QED) is 0.543. The molecule has 1 N–H and O–H groups in total. The van der Waals surface area contributed by atoms with Crippen LogP contribution in [0.4, 0.5) is 17.1 Å². The first-order chi connectivity index (χ1) is 15.5. The number of anilines is 3. The molecule has 0 bridgehead atoms. The molecule has 0 spiro atoms. The number of nitrogens with zero attached hydrogens (tertiary/aromatic N) is 4. The standard InChI is InChI=1S/C24H21N5O3/c1-27-21-17(23(31)28(2)24(27)32)13-16(14-25-21)22(30)26-18-8-4-6-10-20(18)29-12-11-15-7-3-5-9-19(15)29/h3-10,13-14H,11-12H2,1-2H3,(H,26,30). The molecule has 0 saturated heterocycles. The lowest BCUT2D eigenvalue weighted by Crippen LogP contribution is -2.37. The van der Waals surface area contributed by atoms with E-state index in [0.717, 1.165) is 28.9 Å². The number of para-hydroxylation sites is 3. The van der Waals surface area contributed by atoms with E-state index in [2.05, 4.69) is 27.3 Å². The minimum atomic E-state index is -0.487. The van der Waals surface area contributed by atoms with Gasteiger partial charge in [-0.3, -0.25) is 18.7 Å². The Morgan fingerprint density at radius 3 is 2.50 bits per heavy atom. The molecule has 0 radical (unpaired) electrons. The van der Waals surface area contributed by atoms with Crippen molar-refractivity contribution in [1.29, 1.82) is 0 Å². The first-order valence-electron chi connectivity index (χ1n) is 10.3. The predicted octanol–water partition coefficient (Wildman–Crippen LogP) is 2.58. The third-order valence-electron chi connectivity index (χ3n) is 5.89. The van der Waals surface area contributed by atoms with E-state index in [1.165, 1.54) is 29.4 Å². The molecule has 2 aromatic carbocycles. The van der Waals surface area contributed by atoms with Crippen molar-refractivity contribution >= 4 is 34.0 Å².